The molecule has 0 radical (unpaired) electrons. The number of hydrogen-bond acceptors (Lipinski definition) is 2. The standard InChI is InChI=1S/C14H23NO/c1-14(2,3)13(15-4)11-16-10-12-8-6-5-7-9-12/h5-9,13,15H,10-11H2,1-4H3. The lowest BCUT2D eigenvalue weighted by atomic mass is 9.87. The van der Waals surface area contributed by atoms with Crippen molar-refractivity contribution in [2.75, 3.05) is 13.7 Å². The van der Waals surface area contributed by atoms with Crippen LogP contribution in [0.2, 0.25) is 0 Å². The van der Waals surface area contributed by atoms with E-state index in [4.69, 9.17) is 4.74 Å². The Kier molecular flexibility index (Phi) is 4.97. The molecule has 16 heavy (non-hydrogen) atoms. The van der Waals surface area contributed by atoms with Crippen LogP contribution in [0.5, 0.6) is 0 Å². The van der Waals surface area contributed by atoms with Crippen molar-refractivity contribution in [3.63, 3.8) is 0 Å². The summed E-state index contributed by atoms with van der Waals surface area (Å²) in [6.07, 6.45) is 0. The lowest BCUT2D eigenvalue weighted by Gasteiger charge is -2.30. The topological polar surface area (TPSA) is 21.3 Å². The van der Waals surface area contributed by atoms with Gasteiger partial charge in [0.15, 0.2) is 0 Å². The Morgan fingerprint density at radius 2 is 1.81 bits per heavy atom. The highest BCUT2D eigenvalue weighted by Gasteiger charge is 2.22. The fourth-order valence-corrected chi connectivity index (χ4v) is 1.64. The van der Waals surface area contributed by atoms with Crippen LogP contribution in [0.4, 0.5) is 0 Å². The van der Waals surface area contributed by atoms with Crippen molar-refractivity contribution < 1.29 is 4.74 Å². The van der Waals surface area contributed by atoms with Gasteiger partial charge in [0.05, 0.1) is 13.2 Å². The van der Waals surface area contributed by atoms with Crippen molar-refractivity contribution in [1.29, 1.82) is 0 Å². The molecule has 1 N–H and O–H groups in total. The molecule has 1 aromatic carbocycles. The van der Waals surface area contributed by atoms with E-state index >= 15 is 0 Å². The molecule has 1 unspecified atom stereocenters. The van der Waals surface area contributed by atoms with Crippen molar-refractivity contribution in [2.45, 2.75) is 33.4 Å². The maximum atomic E-state index is 5.74. The molecule has 0 fully saturated rings. The summed E-state index contributed by atoms with van der Waals surface area (Å²) in [7, 11) is 1.99. The predicted molar refractivity (Wildman–Crippen MR) is 68.4 cm³/mol. The molecule has 2 heteroatoms. The van der Waals surface area contributed by atoms with Gasteiger partial charge in [0.2, 0.25) is 0 Å². The van der Waals surface area contributed by atoms with E-state index in [2.05, 4.69) is 38.2 Å². The second-order valence-corrected chi connectivity index (χ2v) is 5.21. The third-order valence-electron chi connectivity index (χ3n) is 2.79. The summed E-state index contributed by atoms with van der Waals surface area (Å²) in [5.41, 5.74) is 1.46. The van der Waals surface area contributed by atoms with Gasteiger partial charge in [-0.05, 0) is 18.0 Å². The van der Waals surface area contributed by atoms with E-state index < -0.39 is 0 Å². The SMILES string of the molecule is CNC(COCc1ccccc1)C(C)(C)C. The largest absolute Gasteiger partial charge is 0.375 e. The Balaban J connectivity index is 2.35. The van der Waals surface area contributed by atoms with Gasteiger partial charge < -0.3 is 10.1 Å². The Bertz CT molecular complexity index is 289. The van der Waals surface area contributed by atoms with Gasteiger partial charge in [-0.3, -0.25) is 0 Å². The van der Waals surface area contributed by atoms with Gasteiger partial charge in [0.25, 0.3) is 0 Å². The summed E-state index contributed by atoms with van der Waals surface area (Å²) in [6.45, 7) is 8.10. The van der Waals surface area contributed by atoms with E-state index in [-0.39, 0.29) is 5.41 Å². The maximum Gasteiger partial charge on any atom is 0.0717 e. The van der Waals surface area contributed by atoms with E-state index in [1.165, 1.54) is 5.56 Å². The molecular weight excluding hydrogens is 198 g/mol. The second-order valence-electron chi connectivity index (χ2n) is 5.21. The number of likely N-dealkylation sites (N-methyl/N-ethyl adjacent to an activating group) is 1. The van der Waals surface area contributed by atoms with E-state index in [0.717, 1.165) is 6.61 Å². The summed E-state index contributed by atoms with van der Waals surface area (Å²) in [5, 5.41) is 3.30. The minimum atomic E-state index is 0.228. The van der Waals surface area contributed by atoms with Gasteiger partial charge in [-0.15, -0.1) is 0 Å². The highest BCUT2D eigenvalue weighted by molar-refractivity contribution is 5.13. The van der Waals surface area contributed by atoms with Crippen LogP contribution in [-0.4, -0.2) is 19.7 Å². The van der Waals surface area contributed by atoms with Crippen LogP contribution in [0.25, 0.3) is 0 Å². The molecule has 0 saturated heterocycles. The average Bonchev–Trinajstić information content (AvgIpc) is 2.24. The van der Waals surface area contributed by atoms with Gasteiger partial charge in [-0.25, -0.2) is 0 Å². The van der Waals surface area contributed by atoms with E-state index in [0.29, 0.717) is 12.6 Å². The normalized spacial score (nSPS) is 13.8. The van der Waals surface area contributed by atoms with E-state index in [9.17, 15) is 0 Å². The zero-order valence-corrected chi connectivity index (χ0v) is 10.8. The first-order valence-electron chi connectivity index (χ1n) is 5.83. The van der Waals surface area contributed by atoms with Crippen molar-refractivity contribution in [3.8, 4) is 0 Å². The molecule has 0 amide bonds. The lowest BCUT2D eigenvalue weighted by molar-refractivity contribution is 0.0682. The van der Waals surface area contributed by atoms with Crippen LogP contribution in [0.3, 0.4) is 0 Å². The summed E-state index contributed by atoms with van der Waals surface area (Å²) in [4.78, 5) is 0. The summed E-state index contributed by atoms with van der Waals surface area (Å²) >= 11 is 0. The molecule has 0 heterocycles. The fraction of sp³-hybridized carbons (Fsp3) is 0.571. The van der Waals surface area contributed by atoms with Crippen LogP contribution in [0.1, 0.15) is 26.3 Å². The Morgan fingerprint density at radius 1 is 1.19 bits per heavy atom. The van der Waals surface area contributed by atoms with Crippen LogP contribution in [-0.2, 0) is 11.3 Å². The molecule has 90 valence electrons. The van der Waals surface area contributed by atoms with E-state index in [1.54, 1.807) is 0 Å². The van der Waals surface area contributed by atoms with Crippen molar-refractivity contribution in [2.24, 2.45) is 5.41 Å². The first kappa shape index (κ1) is 13.2. The number of rotatable bonds is 5. The minimum absolute atomic E-state index is 0.228. The first-order valence-corrected chi connectivity index (χ1v) is 5.83. The lowest BCUT2D eigenvalue weighted by Crippen LogP contribution is -2.41. The highest BCUT2D eigenvalue weighted by Crippen LogP contribution is 2.19. The molecule has 1 rings (SSSR count). The molecule has 1 aromatic rings. The molecule has 0 bridgehead atoms. The molecule has 0 aromatic heterocycles. The molecular formula is C14H23NO. The summed E-state index contributed by atoms with van der Waals surface area (Å²) in [6, 6.07) is 10.7. The Labute approximate surface area is 99.0 Å². The molecule has 0 spiro atoms. The number of nitrogens with one attached hydrogen (secondary N) is 1. The zero-order chi connectivity index (χ0) is 12.0. The second kappa shape index (κ2) is 6.02. The number of ether oxygens (including phenoxy) is 1. The zero-order valence-electron chi connectivity index (χ0n) is 10.8. The smallest absolute Gasteiger partial charge is 0.0717 e. The van der Waals surface area contributed by atoms with E-state index in [1.807, 2.05) is 25.2 Å². The first-order chi connectivity index (χ1) is 7.54. The van der Waals surface area contributed by atoms with Crippen LogP contribution in [0.15, 0.2) is 30.3 Å². The third-order valence-corrected chi connectivity index (χ3v) is 2.79. The minimum Gasteiger partial charge on any atom is -0.375 e. The Morgan fingerprint density at radius 3 is 2.31 bits per heavy atom. The monoisotopic (exact) mass is 221 g/mol. The summed E-state index contributed by atoms with van der Waals surface area (Å²) < 4.78 is 5.74. The van der Waals surface area contributed by atoms with Crippen molar-refractivity contribution >= 4 is 0 Å². The quantitative estimate of drug-likeness (QED) is 0.825. The molecule has 0 aliphatic heterocycles. The van der Waals surface area contributed by atoms with Gasteiger partial charge in [0, 0.05) is 6.04 Å². The van der Waals surface area contributed by atoms with Gasteiger partial charge in [-0.1, -0.05) is 51.1 Å². The van der Waals surface area contributed by atoms with Crippen molar-refractivity contribution in [3.05, 3.63) is 35.9 Å². The van der Waals surface area contributed by atoms with Crippen LogP contribution < -0.4 is 5.32 Å². The van der Waals surface area contributed by atoms with Crippen LogP contribution in [0, 0.1) is 5.41 Å². The molecule has 0 saturated carbocycles. The third kappa shape index (κ3) is 4.33. The average molecular weight is 221 g/mol. The molecule has 1 atom stereocenters. The van der Waals surface area contributed by atoms with Crippen LogP contribution >= 0.6 is 0 Å². The number of hydrogen-bond donors (Lipinski definition) is 1. The van der Waals surface area contributed by atoms with Gasteiger partial charge in [-0.2, -0.15) is 0 Å². The van der Waals surface area contributed by atoms with Gasteiger partial charge >= 0.3 is 0 Å². The summed E-state index contributed by atoms with van der Waals surface area (Å²) in [5.74, 6) is 0. The molecule has 0 aliphatic rings. The van der Waals surface area contributed by atoms with Gasteiger partial charge in [0.1, 0.15) is 0 Å². The maximum absolute atomic E-state index is 5.74. The fourth-order valence-electron chi connectivity index (χ4n) is 1.64. The predicted octanol–water partition coefficient (Wildman–Crippen LogP) is 2.84. The van der Waals surface area contributed by atoms with Crippen molar-refractivity contribution in [1.82, 2.24) is 5.32 Å². The Hall–Kier alpha value is -0.860. The number of benzene rings is 1. The molecule has 0 aliphatic carbocycles. The highest BCUT2D eigenvalue weighted by atomic mass is 16.5. The molecule has 2 nitrogen and oxygen atoms in total.